The largest absolute Gasteiger partial charge is 4.00 e. The SMILES string of the molecule is CCCC[O-].CCCC[O-].CCCC[O-].[CH3-].[Ti+4]. The molecule has 0 bridgehead atoms. The molecule has 0 aliphatic carbocycles. The predicted molar refractivity (Wildman–Crippen MR) is 65.7 cm³/mol. The monoisotopic (exact) mass is 282 g/mol. The second kappa shape index (κ2) is 43.8. The number of hydrogen-bond donors (Lipinski definition) is 0. The Labute approximate surface area is 124 Å². The van der Waals surface area contributed by atoms with Gasteiger partial charge in [-0.25, -0.2) is 0 Å². The van der Waals surface area contributed by atoms with Crippen LogP contribution in [0.5, 0.6) is 0 Å². The normalized spacial score (nSPS) is 7.41. The second-order valence-corrected chi connectivity index (χ2v) is 3.17. The Morgan fingerprint density at radius 1 is 0.588 bits per heavy atom. The first-order valence-electron chi connectivity index (χ1n) is 5.99. The Balaban J connectivity index is -0.0000000400. The number of rotatable bonds is 6. The van der Waals surface area contributed by atoms with Gasteiger partial charge in [-0.15, -0.1) is 19.8 Å². The molecule has 0 spiro atoms. The molecule has 0 saturated carbocycles. The van der Waals surface area contributed by atoms with Gasteiger partial charge in [0.2, 0.25) is 0 Å². The van der Waals surface area contributed by atoms with Crippen LogP contribution in [-0.4, -0.2) is 19.8 Å². The van der Waals surface area contributed by atoms with Gasteiger partial charge in [-0.3, -0.25) is 0 Å². The van der Waals surface area contributed by atoms with Crippen molar-refractivity contribution in [1.29, 1.82) is 0 Å². The van der Waals surface area contributed by atoms with Crippen LogP contribution in [0.3, 0.4) is 0 Å². The molecule has 0 amide bonds. The van der Waals surface area contributed by atoms with Gasteiger partial charge in [0.15, 0.2) is 0 Å². The zero-order chi connectivity index (χ0) is 12.4. The molecule has 0 heterocycles. The van der Waals surface area contributed by atoms with Crippen molar-refractivity contribution in [2.75, 3.05) is 19.8 Å². The van der Waals surface area contributed by atoms with Gasteiger partial charge in [0, 0.05) is 0 Å². The Morgan fingerprint density at radius 2 is 0.765 bits per heavy atom. The second-order valence-electron chi connectivity index (χ2n) is 3.17. The average Bonchev–Trinajstić information content (AvgIpc) is 2.23. The summed E-state index contributed by atoms with van der Waals surface area (Å²) in [6, 6.07) is 0. The summed E-state index contributed by atoms with van der Waals surface area (Å²) in [7, 11) is 0. The summed E-state index contributed by atoms with van der Waals surface area (Å²) in [5, 5.41) is 28.6. The van der Waals surface area contributed by atoms with E-state index in [0.29, 0.717) is 0 Å². The van der Waals surface area contributed by atoms with Crippen molar-refractivity contribution in [3.05, 3.63) is 7.43 Å². The van der Waals surface area contributed by atoms with E-state index in [1.54, 1.807) is 0 Å². The molecular formula is C13H30O3Ti. The first-order valence-corrected chi connectivity index (χ1v) is 5.99. The van der Waals surface area contributed by atoms with E-state index in [4.69, 9.17) is 0 Å². The van der Waals surface area contributed by atoms with Crippen LogP contribution in [0.4, 0.5) is 0 Å². The van der Waals surface area contributed by atoms with Crippen LogP contribution in [0.1, 0.15) is 59.3 Å². The van der Waals surface area contributed by atoms with Gasteiger partial charge in [-0.05, 0) is 0 Å². The molecule has 0 aromatic carbocycles. The summed E-state index contributed by atoms with van der Waals surface area (Å²) >= 11 is 0. The fraction of sp³-hybridized carbons (Fsp3) is 0.923. The van der Waals surface area contributed by atoms with Crippen molar-refractivity contribution in [2.24, 2.45) is 0 Å². The van der Waals surface area contributed by atoms with E-state index < -0.39 is 0 Å². The molecule has 17 heavy (non-hydrogen) atoms. The van der Waals surface area contributed by atoms with Crippen molar-refractivity contribution in [1.82, 2.24) is 0 Å². The molecule has 104 valence electrons. The molecule has 3 nitrogen and oxygen atoms in total. The van der Waals surface area contributed by atoms with Crippen LogP contribution in [0, 0.1) is 7.43 Å². The summed E-state index contributed by atoms with van der Waals surface area (Å²) in [4.78, 5) is 0. The maximum atomic E-state index is 9.53. The minimum absolute atomic E-state index is 0. The third kappa shape index (κ3) is 81.3. The minimum Gasteiger partial charge on any atom is -0.854 e. The fourth-order valence-corrected chi connectivity index (χ4v) is 0.433. The molecule has 0 unspecified atom stereocenters. The zero-order valence-electron chi connectivity index (χ0n) is 12.1. The smallest absolute Gasteiger partial charge is 0.854 e. The Hall–Kier alpha value is 0.594. The first-order chi connectivity index (χ1) is 7.24. The van der Waals surface area contributed by atoms with E-state index in [0.717, 1.165) is 38.5 Å². The summed E-state index contributed by atoms with van der Waals surface area (Å²) in [5.74, 6) is 0. The molecule has 0 N–H and O–H groups in total. The van der Waals surface area contributed by atoms with Gasteiger partial charge in [0.05, 0.1) is 0 Å². The van der Waals surface area contributed by atoms with E-state index in [9.17, 15) is 15.3 Å². The van der Waals surface area contributed by atoms with E-state index >= 15 is 0 Å². The predicted octanol–water partition coefficient (Wildman–Crippen LogP) is 0.888. The molecular weight excluding hydrogens is 252 g/mol. The van der Waals surface area contributed by atoms with E-state index in [2.05, 4.69) is 0 Å². The minimum atomic E-state index is 0. The van der Waals surface area contributed by atoms with Gasteiger partial charge < -0.3 is 22.7 Å². The topological polar surface area (TPSA) is 69.2 Å². The van der Waals surface area contributed by atoms with E-state index in [-0.39, 0.29) is 49.0 Å². The van der Waals surface area contributed by atoms with Crippen LogP contribution in [-0.2, 0) is 21.7 Å². The average molecular weight is 282 g/mol. The van der Waals surface area contributed by atoms with Crippen LogP contribution < -0.4 is 15.3 Å². The van der Waals surface area contributed by atoms with Gasteiger partial charge in [0.1, 0.15) is 0 Å². The van der Waals surface area contributed by atoms with Crippen molar-refractivity contribution in [3.63, 3.8) is 0 Å². The molecule has 0 atom stereocenters. The maximum absolute atomic E-state index is 9.53. The van der Waals surface area contributed by atoms with Gasteiger partial charge in [0.25, 0.3) is 0 Å². The third-order valence-corrected chi connectivity index (χ3v) is 1.49. The Kier molecular flexibility index (Phi) is 78.8. The van der Waals surface area contributed by atoms with Crippen molar-refractivity contribution in [2.45, 2.75) is 59.3 Å². The molecule has 0 aliphatic heterocycles. The molecule has 0 aromatic rings. The van der Waals surface area contributed by atoms with E-state index in [1.807, 2.05) is 20.8 Å². The fourth-order valence-electron chi connectivity index (χ4n) is 0.433. The zero-order valence-corrected chi connectivity index (χ0v) is 13.7. The van der Waals surface area contributed by atoms with Crippen molar-refractivity contribution >= 4 is 0 Å². The molecule has 0 aliphatic rings. The summed E-state index contributed by atoms with van der Waals surface area (Å²) in [6.07, 6.45) is 5.59. The molecule has 0 fully saturated rings. The quantitative estimate of drug-likeness (QED) is 0.536. The Bertz CT molecular complexity index is 53.4. The van der Waals surface area contributed by atoms with Crippen LogP contribution in [0.2, 0.25) is 0 Å². The summed E-state index contributed by atoms with van der Waals surface area (Å²) in [5.41, 5.74) is 0. The number of unbranched alkanes of at least 4 members (excludes halogenated alkanes) is 3. The first kappa shape index (κ1) is 30.5. The number of hydrogen-bond acceptors (Lipinski definition) is 3. The molecule has 0 saturated heterocycles. The van der Waals surface area contributed by atoms with Crippen molar-refractivity contribution in [3.8, 4) is 0 Å². The van der Waals surface area contributed by atoms with Crippen molar-refractivity contribution < 1.29 is 37.0 Å². The maximum Gasteiger partial charge on any atom is 4.00 e. The molecule has 0 aromatic heterocycles. The molecule has 4 heteroatoms. The molecule has 0 rings (SSSR count). The van der Waals surface area contributed by atoms with Gasteiger partial charge in [-0.1, -0.05) is 59.3 Å². The summed E-state index contributed by atoms with van der Waals surface area (Å²) in [6.45, 7) is 6.32. The van der Waals surface area contributed by atoms with Crippen LogP contribution in [0.15, 0.2) is 0 Å². The Morgan fingerprint density at radius 3 is 0.765 bits per heavy atom. The third-order valence-electron chi connectivity index (χ3n) is 1.49. The van der Waals surface area contributed by atoms with Crippen LogP contribution >= 0.6 is 0 Å². The van der Waals surface area contributed by atoms with E-state index in [1.165, 1.54) is 0 Å². The molecule has 0 radical (unpaired) electrons. The van der Waals surface area contributed by atoms with Crippen LogP contribution in [0.25, 0.3) is 0 Å². The van der Waals surface area contributed by atoms with Gasteiger partial charge in [-0.2, -0.15) is 0 Å². The standard InChI is InChI=1S/3C4H9O.CH3.Ti/c3*1-2-3-4-5;;/h3*2-4H2,1H3;1H3;/q4*-1;+4. The van der Waals surface area contributed by atoms with Gasteiger partial charge >= 0.3 is 21.7 Å². The summed E-state index contributed by atoms with van der Waals surface area (Å²) < 4.78 is 0.